The Balaban J connectivity index is 1.70. The number of nitrogens with one attached hydrogen (secondary N) is 2. The molecule has 1 saturated carbocycles. The molecule has 1 aromatic rings. The summed E-state index contributed by atoms with van der Waals surface area (Å²) in [6.07, 6.45) is 5.04. The molecule has 6 heteroatoms. The molecule has 1 fully saturated rings. The molecule has 2 N–H and O–H groups in total. The smallest absolute Gasteiger partial charge is 0.320 e. The summed E-state index contributed by atoms with van der Waals surface area (Å²) in [5.41, 5.74) is 0. The molecule has 0 radical (unpaired) electrons. The molecule has 82 valence electrons. The summed E-state index contributed by atoms with van der Waals surface area (Å²) >= 11 is 1.18. The van der Waals surface area contributed by atoms with Crippen LogP contribution in [0.4, 0.5) is 9.80 Å². The molecular formula is C9H14N4OS. The first-order valence-corrected chi connectivity index (χ1v) is 5.91. The van der Waals surface area contributed by atoms with Crippen molar-refractivity contribution in [1.29, 1.82) is 0 Å². The Hall–Kier alpha value is -1.17. The van der Waals surface area contributed by atoms with Crippen molar-refractivity contribution in [2.24, 2.45) is 5.92 Å². The molecule has 0 bridgehead atoms. The minimum atomic E-state index is -0.148. The second-order valence-electron chi connectivity index (χ2n) is 3.77. The van der Waals surface area contributed by atoms with Gasteiger partial charge in [0.05, 0.1) is 6.20 Å². The van der Waals surface area contributed by atoms with Crippen LogP contribution in [0.25, 0.3) is 0 Å². The third-order valence-electron chi connectivity index (χ3n) is 2.50. The van der Waals surface area contributed by atoms with E-state index in [4.69, 9.17) is 0 Å². The van der Waals surface area contributed by atoms with Crippen molar-refractivity contribution in [1.82, 2.24) is 14.9 Å². The number of carbonyl (C=O) groups excluding carboxylic acids is 1. The van der Waals surface area contributed by atoms with Crippen LogP contribution < -0.4 is 10.6 Å². The topological polar surface area (TPSA) is 66.9 Å². The van der Waals surface area contributed by atoms with Crippen molar-refractivity contribution < 1.29 is 4.79 Å². The Morgan fingerprint density at radius 1 is 1.73 bits per heavy atom. The fourth-order valence-electron chi connectivity index (χ4n) is 1.65. The lowest BCUT2D eigenvalue weighted by atomic mass is 10.2. The van der Waals surface area contributed by atoms with Gasteiger partial charge >= 0.3 is 6.03 Å². The van der Waals surface area contributed by atoms with Crippen LogP contribution in [0.2, 0.25) is 0 Å². The maximum atomic E-state index is 11.4. The minimum absolute atomic E-state index is 0.148. The first-order valence-electron chi connectivity index (χ1n) is 5.14. The monoisotopic (exact) mass is 226 g/mol. The summed E-state index contributed by atoms with van der Waals surface area (Å²) in [5, 5.41) is 9.95. The van der Waals surface area contributed by atoms with Crippen molar-refractivity contribution >= 4 is 22.6 Å². The maximum Gasteiger partial charge on any atom is 0.320 e. The van der Waals surface area contributed by atoms with E-state index in [9.17, 15) is 4.79 Å². The van der Waals surface area contributed by atoms with Crippen LogP contribution in [-0.2, 0) is 0 Å². The first kappa shape index (κ1) is 10.4. The van der Waals surface area contributed by atoms with Gasteiger partial charge in [-0.15, -0.1) is 5.10 Å². The predicted octanol–water partition coefficient (Wildman–Crippen LogP) is 1.85. The van der Waals surface area contributed by atoms with Gasteiger partial charge in [-0.05, 0) is 18.8 Å². The predicted molar refractivity (Wildman–Crippen MR) is 58.9 cm³/mol. The highest BCUT2D eigenvalue weighted by Crippen LogP contribution is 2.34. The second-order valence-corrected chi connectivity index (χ2v) is 4.56. The zero-order valence-electron chi connectivity index (χ0n) is 8.56. The number of hydrogen-bond acceptors (Lipinski definition) is 4. The Labute approximate surface area is 92.4 Å². The highest BCUT2D eigenvalue weighted by molar-refractivity contribution is 7.10. The molecule has 0 aromatic carbocycles. The summed E-state index contributed by atoms with van der Waals surface area (Å²) in [7, 11) is 0. The molecular weight excluding hydrogens is 212 g/mol. The fourth-order valence-corrected chi connectivity index (χ4v) is 2.07. The first-order chi connectivity index (χ1) is 7.29. The van der Waals surface area contributed by atoms with Crippen molar-refractivity contribution in [2.45, 2.75) is 32.2 Å². The summed E-state index contributed by atoms with van der Waals surface area (Å²) in [5.74, 6) is 0.681. The van der Waals surface area contributed by atoms with E-state index < -0.39 is 0 Å². The maximum absolute atomic E-state index is 11.4. The average Bonchev–Trinajstić information content (AvgIpc) is 2.73. The van der Waals surface area contributed by atoms with E-state index in [0.717, 1.165) is 6.42 Å². The number of urea groups is 1. The highest BCUT2D eigenvalue weighted by atomic mass is 32.1. The van der Waals surface area contributed by atoms with Crippen molar-refractivity contribution in [3.63, 3.8) is 0 Å². The van der Waals surface area contributed by atoms with Gasteiger partial charge in [-0.2, -0.15) is 0 Å². The standard InChI is InChI=1S/C9H14N4OS/c1-2-3-6-4-7(6)11-9(14)12-8-5-10-13-15-8/h5-7H,2-4H2,1H3,(H2,11,12,14). The molecule has 1 aromatic heterocycles. The van der Waals surface area contributed by atoms with Gasteiger partial charge in [-0.1, -0.05) is 17.8 Å². The van der Waals surface area contributed by atoms with Gasteiger partial charge in [-0.3, -0.25) is 5.32 Å². The zero-order valence-corrected chi connectivity index (χ0v) is 9.38. The van der Waals surface area contributed by atoms with Gasteiger partial charge < -0.3 is 5.32 Å². The zero-order chi connectivity index (χ0) is 10.7. The highest BCUT2D eigenvalue weighted by Gasteiger charge is 2.37. The third kappa shape index (κ3) is 2.89. The van der Waals surface area contributed by atoms with Crippen LogP contribution in [-0.4, -0.2) is 21.7 Å². The molecule has 0 saturated heterocycles. The van der Waals surface area contributed by atoms with E-state index in [0.29, 0.717) is 17.0 Å². The Morgan fingerprint density at radius 3 is 3.27 bits per heavy atom. The minimum Gasteiger partial charge on any atom is -0.335 e. The van der Waals surface area contributed by atoms with Gasteiger partial charge in [0.25, 0.3) is 0 Å². The molecule has 0 aliphatic heterocycles. The van der Waals surface area contributed by atoms with Crippen LogP contribution >= 0.6 is 11.5 Å². The van der Waals surface area contributed by atoms with Crippen LogP contribution in [0.1, 0.15) is 26.2 Å². The van der Waals surface area contributed by atoms with Crippen molar-refractivity contribution in [3.8, 4) is 0 Å². The summed E-state index contributed by atoms with van der Waals surface area (Å²) in [4.78, 5) is 11.4. The van der Waals surface area contributed by atoms with E-state index in [1.807, 2.05) is 0 Å². The number of aromatic nitrogens is 2. The number of amides is 2. The lowest BCUT2D eigenvalue weighted by Crippen LogP contribution is -2.31. The van der Waals surface area contributed by atoms with Gasteiger partial charge in [0.15, 0.2) is 0 Å². The summed E-state index contributed by atoms with van der Waals surface area (Å²) in [6, 6.07) is 0.218. The van der Waals surface area contributed by atoms with E-state index in [2.05, 4.69) is 27.1 Å². The van der Waals surface area contributed by atoms with Crippen LogP contribution in [0.15, 0.2) is 6.20 Å². The number of anilines is 1. The largest absolute Gasteiger partial charge is 0.335 e. The summed E-state index contributed by atoms with van der Waals surface area (Å²) < 4.78 is 3.66. The fraction of sp³-hybridized carbons (Fsp3) is 0.667. The molecule has 1 aliphatic carbocycles. The number of nitrogens with zero attached hydrogens (tertiary/aromatic N) is 2. The summed E-state index contributed by atoms with van der Waals surface area (Å²) in [6.45, 7) is 2.17. The molecule has 1 aliphatic rings. The Kier molecular flexibility index (Phi) is 3.15. The van der Waals surface area contributed by atoms with Crippen LogP contribution in [0.5, 0.6) is 0 Å². The molecule has 0 spiro atoms. The molecule has 15 heavy (non-hydrogen) atoms. The third-order valence-corrected chi connectivity index (χ3v) is 3.08. The molecule has 2 unspecified atom stereocenters. The van der Waals surface area contributed by atoms with Crippen LogP contribution in [0, 0.1) is 5.92 Å². The SMILES string of the molecule is CCCC1CC1NC(=O)Nc1cnns1. The molecule has 2 amide bonds. The van der Waals surface area contributed by atoms with Gasteiger partial charge in [0.1, 0.15) is 5.00 Å². The van der Waals surface area contributed by atoms with Gasteiger partial charge in [-0.25, -0.2) is 4.79 Å². The molecule has 1 heterocycles. The van der Waals surface area contributed by atoms with Crippen molar-refractivity contribution in [2.75, 3.05) is 5.32 Å². The molecule has 2 atom stereocenters. The van der Waals surface area contributed by atoms with E-state index in [1.165, 1.54) is 24.4 Å². The van der Waals surface area contributed by atoms with Crippen LogP contribution in [0.3, 0.4) is 0 Å². The lowest BCUT2D eigenvalue weighted by molar-refractivity contribution is 0.251. The van der Waals surface area contributed by atoms with E-state index >= 15 is 0 Å². The number of rotatable bonds is 4. The van der Waals surface area contributed by atoms with E-state index in [1.54, 1.807) is 6.20 Å². The Bertz CT molecular complexity index is 327. The number of carbonyl (C=O) groups is 1. The van der Waals surface area contributed by atoms with Gasteiger partial charge in [0.2, 0.25) is 0 Å². The molecule has 5 nitrogen and oxygen atoms in total. The van der Waals surface area contributed by atoms with E-state index in [-0.39, 0.29) is 6.03 Å². The normalized spacial score (nSPS) is 23.5. The second kappa shape index (κ2) is 4.57. The quantitative estimate of drug-likeness (QED) is 0.823. The lowest BCUT2D eigenvalue weighted by Gasteiger charge is -2.03. The average molecular weight is 226 g/mol. The van der Waals surface area contributed by atoms with Crippen molar-refractivity contribution in [3.05, 3.63) is 6.20 Å². The Morgan fingerprint density at radius 2 is 2.60 bits per heavy atom. The van der Waals surface area contributed by atoms with Gasteiger partial charge in [0, 0.05) is 17.6 Å². The molecule has 2 rings (SSSR count). The number of hydrogen-bond donors (Lipinski definition) is 2.